The second-order valence-corrected chi connectivity index (χ2v) is 8.13. The maximum absolute atomic E-state index is 12.7. The predicted molar refractivity (Wildman–Crippen MR) is 114 cm³/mol. The molecule has 0 bridgehead atoms. The topological polar surface area (TPSA) is 106 Å². The third-order valence-electron chi connectivity index (χ3n) is 4.56. The lowest BCUT2D eigenvalue weighted by atomic mass is 9.91. The van der Waals surface area contributed by atoms with Crippen LogP contribution >= 0.6 is 0 Å². The summed E-state index contributed by atoms with van der Waals surface area (Å²) in [4.78, 5) is 17.3. The third kappa shape index (κ3) is 11.9. The Morgan fingerprint density at radius 2 is 1.63 bits per heavy atom. The molecule has 30 heavy (non-hydrogen) atoms. The maximum atomic E-state index is 12.7. The number of amides is 1. The lowest BCUT2D eigenvalue weighted by molar-refractivity contribution is -0.00769. The van der Waals surface area contributed by atoms with Gasteiger partial charge in [0.2, 0.25) is 0 Å². The van der Waals surface area contributed by atoms with Gasteiger partial charge in [0.1, 0.15) is 5.60 Å². The first kappa shape index (κ1) is 26.1. The van der Waals surface area contributed by atoms with Crippen molar-refractivity contribution in [1.29, 1.82) is 0 Å². The predicted octanol–water partition coefficient (Wildman–Crippen LogP) is 3.92. The first-order valence-corrected chi connectivity index (χ1v) is 10.6. The molecular formula is C21H36N4O5. The summed E-state index contributed by atoms with van der Waals surface area (Å²) < 4.78 is 21.9. The summed E-state index contributed by atoms with van der Waals surface area (Å²) in [6.07, 6.45) is 8.52. The third-order valence-corrected chi connectivity index (χ3v) is 4.56. The van der Waals surface area contributed by atoms with E-state index in [1.165, 1.54) is 0 Å². The number of nitrogens with zero attached hydrogens (tertiary/aromatic N) is 4. The van der Waals surface area contributed by atoms with E-state index in [9.17, 15) is 4.79 Å². The van der Waals surface area contributed by atoms with Gasteiger partial charge in [0.05, 0.1) is 39.6 Å². The molecule has 0 unspecified atom stereocenters. The highest BCUT2D eigenvalue weighted by Gasteiger charge is 2.31. The largest absolute Gasteiger partial charge is 0.444 e. The highest BCUT2D eigenvalue weighted by atomic mass is 16.6. The van der Waals surface area contributed by atoms with Gasteiger partial charge in [-0.05, 0) is 52.0 Å². The van der Waals surface area contributed by atoms with E-state index in [-0.39, 0.29) is 18.2 Å². The molecule has 170 valence electrons. The number of rotatable bonds is 13. The van der Waals surface area contributed by atoms with E-state index in [1.54, 1.807) is 4.90 Å². The van der Waals surface area contributed by atoms with Gasteiger partial charge in [0.25, 0.3) is 0 Å². The monoisotopic (exact) mass is 424 g/mol. The minimum absolute atomic E-state index is 0.00989. The summed E-state index contributed by atoms with van der Waals surface area (Å²) in [5.41, 5.74) is 8.05. The Hall–Kier alpha value is -1.98. The van der Waals surface area contributed by atoms with Crippen LogP contribution in [0.3, 0.4) is 0 Å². The molecule has 1 amide bonds. The molecule has 1 aliphatic carbocycles. The normalized spacial score (nSPS) is 18.9. The second kappa shape index (κ2) is 14.9. The standard InChI is InChI=1S/C21H36N4O5/c1-5-6-12-27-14-16-29-17-15-28-13-11-25(20(26)30-21(2,3)4)19-9-7-18(8-10-19)23-24-22/h1,18-19H,6-17H2,2-4H3. The molecule has 0 aromatic rings. The van der Waals surface area contributed by atoms with Crippen LogP contribution in [0, 0.1) is 12.3 Å². The van der Waals surface area contributed by atoms with E-state index in [0.29, 0.717) is 52.6 Å². The van der Waals surface area contributed by atoms with Crippen LogP contribution in [0.4, 0.5) is 4.79 Å². The van der Waals surface area contributed by atoms with Crippen molar-refractivity contribution >= 4 is 6.09 Å². The van der Waals surface area contributed by atoms with Crippen LogP contribution < -0.4 is 0 Å². The summed E-state index contributed by atoms with van der Waals surface area (Å²) in [6.45, 7) is 8.85. The summed E-state index contributed by atoms with van der Waals surface area (Å²) in [5, 5.41) is 3.80. The average Bonchev–Trinajstić information content (AvgIpc) is 2.68. The van der Waals surface area contributed by atoms with E-state index in [4.69, 9.17) is 30.9 Å². The molecule has 1 rings (SSSR count). The molecule has 0 saturated heterocycles. The summed E-state index contributed by atoms with van der Waals surface area (Å²) in [5.74, 6) is 2.51. The van der Waals surface area contributed by atoms with Crippen molar-refractivity contribution in [3.8, 4) is 12.3 Å². The molecule has 1 aliphatic rings. The number of hydrogen-bond acceptors (Lipinski definition) is 6. The van der Waals surface area contributed by atoms with Crippen LogP contribution in [0.25, 0.3) is 10.4 Å². The fourth-order valence-electron chi connectivity index (χ4n) is 3.14. The Bertz CT molecular complexity index is 573. The highest BCUT2D eigenvalue weighted by Crippen LogP contribution is 2.26. The second-order valence-electron chi connectivity index (χ2n) is 8.13. The molecule has 0 heterocycles. The Labute approximate surface area is 180 Å². The quantitative estimate of drug-likeness (QED) is 0.146. The number of hydrogen-bond donors (Lipinski definition) is 0. The molecule has 0 spiro atoms. The van der Waals surface area contributed by atoms with Gasteiger partial charge in [-0.2, -0.15) is 0 Å². The van der Waals surface area contributed by atoms with Gasteiger partial charge in [-0.15, -0.1) is 12.3 Å². The Morgan fingerprint density at radius 1 is 1.07 bits per heavy atom. The molecule has 0 radical (unpaired) electrons. The molecule has 1 fully saturated rings. The van der Waals surface area contributed by atoms with E-state index >= 15 is 0 Å². The average molecular weight is 425 g/mol. The molecular weight excluding hydrogens is 388 g/mol. The van der Waals surface area contributed by atoms with Crippen molar-refractivity contribution in [2.75, 3.05) is 46.2 Å². The zero-order chi connectivity index (χ0) is 22.2. The Balaban J connectivity index is 2.34. The van der Waals surface area contributed by atoms with E-state index in [0.717, 1.165) is 25.7 Å². The smallest absolute Gasteiger partial charge is 0.410 e. The number of carbonyl (C=O) groups excluding carboxylic acids is 1. The fourth-order valence-corrected chi connectivity index (χ4v) is 3.14. The van der Waals surface area contributed by atoms with Crippen LogP contribution in [0.5, 0.6) is 0 Å². The van der Waals surface area contributed by atoms with Crippen molar-refractivity contribution in [2.45, 2.75) is 70.6 Å². The van der Waals surface area contributed by atoms with Gasteiger partial charge < -0.3 is 23.8 Å². The lowest BCUT2D eigenvalue weighted by Gasteiger charge is -2.36. The van der Waals surface area contributed by atoms with Crippen molar-refractivity contribution < 1.29 is 23.7 Å². The van der Waals surface area contributed by atoms with E-state index in [2.05, 4.69) is 15.9 Å². The van der Waals surface area contributed by atoms with E-state index < -0.39 is 5.60 Å². The van der Waals surface area contributed by atoms with Gasteiger partial charge in [0.15, 0.2) is 0 Å². The van der Waals surface area contributed by atoms with Crippen molar-refractivity contribution in [3.63, 3.8) is 0 Å². The van der Waals surface area contributed by atoms with Crippen molar-refractivity contribution in [2.24, 2.45) is 5.11 Å². The van der Waals surface area contributed by atoms with Gasteiger partial charge in [-0.3, -0.25) is 0 Å². The van der Waals surface area contributed by atoms with Gasteiger partial charge in [0, 0.05) is 30.0 Å². The minimum atomic E-state index is -0.561. The maximum Gasteiger partial charge on any atom is 0.410 e. The summed E-state index contributed by atoms with van der Waals surface area (Å²) in [6, 6.07) is 0.0701. The molecule has 0 aromatic carbocycles. The molecule has 1 saturated carbocycles. The van der Waals surface area contributed by atoms with Crippen LogP contribution in [-0.4, -0.2) is 74.9 Å². The van der Waals surface area contributed by atoms with E-state index in [1.807, 2.05) is 20.8 Å². The molecule has 0 aromatic heterocycles. The Kier molecular flexibility index (Phi) is 13.0. The highest BCUT2D eigenvalue weighted by molar-refractivity contribution is 5.68. The number of carbonyl (C=O) groups is 1. The van der Waals surface area contributed by atoms with Crippen LogP contribution in [0.15, 0.2) is 5.11 Å². The minimum Gasteiger partial charge on any atom is -0.444 e. The van der Waals surface area contributed by atoms with Crippen LogP contribution in [0.2, 0.25) is 0 Å². The Morgan fingerprint density at radius 3 is 2.17 bits per heavy atom. The van der Waals surface area contributed by atoms with Gasteiger partial charge >= 0.3 is 6.09 Å². The zero-order valence-electron chi connectivity index (χ0n) is 18.5. The van der Waals surface area contributed by atoms with Gasteiger partial charge in [-0.1, -0.05) is 5.11 Å². The van der Waals surface area contributed by atoms with Crippen LogP contribution in [0.1, 0.15) is 52.9 Å². The zero-order valence-corrected chi connectivity index (χ0v) is 18.5. The fraction of sp³-hybridized carbons (Fsp3) is 0.857. The number of ether oxygens (including phenoxy) is 4. The van der Waals surface area contributed by atoms with Gasteiger partial charge in [-0.25, -0.2) is 4.79 Å². The van der Waals surface area contributed by atoms with Crippen molar-refractivity contribution in [1.82, 2.24) is 4.90 Å². The summed E-state index contributed by atoms with van der Waals surface area (Å²) in [7, 11) is 0. The molecule has 9 heteroatoms. The summed E-state index contributed by atoms with van der Waals surface area (Å²) >= 11 is 0. The first-order chi connectivity index (χ1) is 14.4. The lowest BCUT2D eigenvalue weighted by Crippen LogP contribution is -2.46. The van der Waals surface area contributed by atoms with Crippen LogP contribution in [-0.2, 0) is 18.9 Å². The number of terminal acetylenes is 1. The molecule has 0 N–H and O–H groups in total. The molecule has 9 nitrogen and oxygen atoms in total. The molecule has 0 atom stereocenters. The number of azide groups is 1. The van der Waals surface area contributed by atoms with Crippen molar-refractivity contribution in [3.05, 3.63) is 10.4 Å². The molecule has 0 aliphatic heterocycles. The SMILES string of the molecule is C#CCCOCCOCCOCCN(C(=O)OC(C)(C)C)C1CCC(N=[N+]=[N-])CC1. The first-order valence-electron chi connectivity index (χ1n) is 10.6.